The normalized spacial score (nSPS) is 10.2. The molecule has 0 aliphatic rings. The maximum atomic E-state index is 11.4. The van der Waals surface area contributed by atoms with Crippen molar-refractivity contribution in [2.75, 3.05) is 5.88 Å². The Bertz CT molecular complexity index is 342. The average molecular weight is 197 g/mol. The second kappa shape index (κ2) is 3.93. The number of aryl methyl sites for hydroxylation is 3. The lowest BCUT2D eigenvalue weighted by atomic mass is 9.99. The van der Waals surface area contributed by atoms with E-state index in [-0.39, 0.29) is 11.7 Å². The number of carbonyl (C=O) groups excluding carboxylic acids is 1. The van der Waals surface area contributed by atoms with Crippen molar-refractivity contribution >= 4 is 17.4 Å². The van der Waals surface area contributed by atoms with Crippen molar-refractivity contribution in [1.82, 2.24) is 0 Å². The molecule has 0 amide bonds. The first kappa shape index (κ1) is 10.3. The van der Waals surface area contributed by atoms with Gasteiger partial charge in [0.25, 0.3) is 0 Å². The molecule has 0 bridgehead atoms. The monoisotopic (exact) mass is 196 g/mol. The zero-order valence-corrected chi connectivity index (χ0v) is 8.90. The summed E-state index contributed by atoms with van der Waals surface area (Å²) in [6.07, 6.45) is 0. The van der Waals surface area contributed by atoms with Crippen LogP contribution in [-0.4, -0.2) is 11.7 Å². The van der Waals surface area contributed by atoms with Gasteiger partial charge in [-0.25, -0.2) is 0 Å². The van der Waals surface area contributed by atoms with Crippen molar-refractivity contribution in [2.45, 2.75) is 20.8 Å². The first-order valence-electron chi connectivity index (χ1n) is 4.23. The molecule has 0 spiro atoms. The smallest absolute Gasteiger partial charge is 0.177 e. The number of alkyl halides is 1. The lowest BCUT2D eigenvalue weighted by Crippen LogP contribution is -2.04. The van der Waals surface area contributed by atoms with Gasteiger partial charge >= 0.3 is 0 Å². The van der Waals surface area contributed by atoms with Crippen LogP contribution in [0, 0.1) is 20.8 Å². The molecular weight excluding hydrogens is 184 g/mol. The molecule has 2 heteroatoms. The van der Waals surface area contributed by atoms with Gasteiger partial charge < -0.3 is 0 Å². The average Bonchev–Trinajstić information content (AvgIpc) is 2.10. The summed E-state index contributed by atoms with van der Waals surface area (Å²) in [6.45, 7) is 5.98. The lowest BCUT2D eigenvalue weighted by Gasteiger charge is -2.07. The molecule has 1 aromatic carbocycles. The number of halogens is 1. The summed E-state index contributed by atoms with van der Waals surface area (Å²) in [5.41, 5.74) is 4.11. The van der Waals surface area contributed by atoms with E-state index in [1.165, 1.54) is 5.56 Å². The fraction of sp³-hybridized carbons (Fsp3) is 0.364. The van der Waals surface area contributed by atoms with Crippen LogP contribution in [-0.2, 0) is 0 Å². The third kappa shape index (κ3) is 2.10. The summed E-state index contributed by atoms with van der Waals surface area (Å²) in [4.78, 5) is 11.4. The van der Waals surface area contributed by atoms with E-state index < -0.39 is 0 Å². The van der Waals surface area contributed by atoms with Crippen LogP contribution < -0.4 is 0 Å². The molecule has 1 aromatic rings. The summed E-state index contributed by atoms with van der Waals surface area (Å²) in [7, 11) is 0. The van der Waals surface area contributed by atoms with Gasteiger partial charge in [0.15, 0.2) is 5.78 Å². The van der Waals surface area contributed by atoms with Crippen LogP contribution in [0.15, 0.2) is 12.1 Å². The second-order valence-electron chi connectivity index (χ2n) is 3.31. The molecule has 1 nitrogen and oxygen atoms in total. The number of carbonyl (C=O) groups is 1. The predicted octanol–water partition coefficient (Wildman–Crippen LogP) is 3.03. The quantitative estimate of drug-likeness (QED) is 0.525. The van der Waals surface area contributed by atoms with Crippen molar-refractivity contribution in [3.8, 4) is 0 Å². The number of ketones is 1. The Morgan fingerprint density at radius 2 is 1.69 bits per heavy atom. The fourth-order valence-corrected chi connectivity index (χ4v) is 1.48. The number of hydrogen-bond acceptors (Lipinski definition) is 1. The van der Waals surface area contributed by atoms with E-state index in [0.29, 0.717) is 0 Å². The van der Waals surface area contributed by atoms with E-state index in [9.17, 15) is 4.79 Å². The van der Waals surface area contributed by atoms with Crippen LogP contribution in [0.2, 0.25) is 0 Å². The van der Waals surface area contributed by atoms with Crippen LogP contribution in [0.5, 0.6) is 0 Å². The first-order chi connectivity index (χ1) is 6.06. The van der Waals surface area contributed by atoms with Crippen LogP contribution in [0.4, 0.5) is 0 Å². The Kier molecular flexibility index (Phi) is 3.10. The molecule has 0 N–H and O–H groups in total. The first-order valence-corrected chi connectivity index (χ1v) is 4.76. The number of rotatable bonds is 2. The lowest BCUT2D eigenvalue weighted by molar-refractivity contribution is 0.102. The molecule has 0 unspecified atom stereocenters. The van der Waals surface area contributed by atoms with E-state index in [1.54, 1.807) is 0 Å². The zero-order valence-electron chi connectivity index (χ0n) is 8.15. The van der Waals surface area contributed by atoms with Crippen LogP contribution >= 0.6 is 11.6 Å². The van der Waals surface area contributed by atoms with Crippen molar-refractivity contribution < 1.29 is 4.79 Å². The number of benzene rings is 1. The minimum absolute atomic E-state index is 0.00210. The molecule has 0 heterocycles. The van der Waals surface area contributed by atoms with Gasteiger partial charge in [-0.2, -0.15) is 0 Å². The fourth-order valence-electron chi connectivity index (χ4n) is 1.33. The topological polar surface area (TPSA) is 17.1 Å². The standard InChI is InChI=1S/C11H13ClO/c1-7-4-9(3)10(5-8(7)2)11(13)6-12/h4-5H,6H2,1-3H3. The SMILES string of the molecule is Cc1cc(C)c(C(=O)CCl)cc1C. The third-order valence-corrected chi connectivity index (χ3v) is 2.51. The molecule has 0 saturated heterocycles. The van der Waals surface area contributed by atoms with Gasteiger partial charge in [0.2, 0.25) is 0 Å². The van der Waals surface area contributed by atoms with Crippen molar-refractivity contribution in [3.63, 3.8) is 0 Å². The minimum Gasteiger partial charge on any atom is -0.293 e. The Morgan fingerprint density at radius 3 is 2.23 bits per heavy atom. The summed E-state index contributed by atoms with van der Waals surface area (Å²) in [5.74, 6) is 0.0610. The van der Waals surface area contributed by atoms with Crippen molar-refractivity contribution in [2.24, 2.45) is 0 Å². The molecule has 0 aliphatic heterocycles. The summed E-state index contributed by atoms with van der Waals surface area (Å²) < 4.78 is 0. The minimum atomic E-state index is 0.00210. The molecule has 0 fully saturated rings. The van der Waals surface area contributed by atoms with Gasteiger partial charge in [0.1, 0.15) is 0 Å². The Labute approximate surface area is 83.7 Å². The van der Waals surface area contributed by atoms with E-state index in [0.717, 1.165) is 16.7 Å². The molecule has 70 valence electrons. The highest BCUT2D eigenvalue weighted by atomic mass is 35.5. The zero-order chi connectivity index (χ0) is 10.0. The molecule has 1 rings (SSSR count). The van der Waals surface area contributed by atoms with E-state index in [1.807, 2.05) is 32.9 Å². The van der Waals surface area contributed by atoms with Gasteiger partial charge in [0.05, 0.1) is 5.88 Å². The van der Waals surface area contributed by atoms with Gasteiger partial charge in [0, 0.05) is 5.56 Å². The van der Waals surface area contributed by atoms with E-state index in [4.69, 9.17) is 11.6 Å². The van der Waals surface area contributed by atoms with Crippen LogP contribution in [0.25, 0.3) is 0 Å². The molecule has 0 radical (unpaired) electrons. The molecule has 0 saturated carbocycles. The molecule has 0 atom stereocenters. The molecular formula is C11H13ClO. The van der Waals surface area contributed by atoms with Gasteiger partial charge in [-0.3, -0.25) is 4.79 Å². The van der Waals surface area contributed by atoms with E-state index in [2.05, 4.69) is 0 Å². The number of hydrogen-bond donors (Lipinski definition) is 0. The molecule has 13 heavy (non-hydrogen) atoms. The highest BCUT2D eigenvalue weighted by Gasteiger charge is 2.08. The predicted molar refractivity (Wildman–Crippen MR) is 55.7 cm³/mol. The highest BCUT2D eigenvalue weighted by Crippen LogP contribution is 2.16. The number of Topliss-reactive ketones (excluding diaryl/α,β-unsaturated/α-hetero) is 1. The van der Waals surface area contributed by atoms with Gasteiger partial charge in [-0.1, -0.05) is 6.07 Å². The van der Waals surface area contributed by atoms with Crippen molar-refractivity contribution in [1.29, 1.82) is 0 Å². The van der Waals surface area contributed by atoms with Crippen LogP contribution in [0.3, 0.4) is 0 Å². The second-order valence-corrected chi connectivity index (χ2v) is 3.58. The Morgan fingerprint density at radius 1 is 1.15 bits per heavy atom. The van der Waals surface area contributed by atoms with Gasteiger partial charge in [-0.15, -0.1) is 11.6 Å². The maximum Gasteiger partial charge on any atom is 0.177 e. The maximum absolute atomic E-state index is 11.4. The third-order valence-electron chi connectivity index (χ3n) is 2.26. The summed E-state index contributed by atoms with van der Waals surface area (Å²) in [5, 5.41) is 0. The summed E-state index contributed by atoms with van der Waals surface area (Å²) in [6, 6.07) is 3.94. The Balaban J connectivity index is 3.23. The van der Waals surface area contributed by atoms with Crippen LogP contribution in [0.1, 0.15) is 27.0 Å². The van der Waals surface area contributed by atoms with Gasteiger partial charge in [-0.05, 0) is 43.5 Å². The van der Waals surface area contributed by atoms with E-state index >= 15 is 0 Å². The molecule has 0 aromatic heterocycles. The van der Waals surface area contributed by atoms with Crippen molar-refractivity contribution in [3.05, 3.63) is 34.4 Å². The Hall–Kier alpha value is -0.820. The highest BCUT2D eigenvalue weighted by molar-refractivity contribution is 6.30. The summed E-state index contributed by atoms with van der Waals surface area (Å²) >= 11 is 5.50. The largest absolute Gasteiger partial charge is 0.293 e. The molecule has 0 aliphatic carbocycles.